The molecular weight excluding hydrogens is 309 g/mol. The fourth-order valence-electron chi connectivity index (χ4n) is 2.33. The standard InChI is InChI=1S/C14H22FN3O3S/c1-21-14-11-12(3-4-13(14)15)22(19,20)17-5-2-8-18-9-6-16-7-10-18/h3-4,11,16-17H,2,5-10H2,1H3. The first-order chi connectivity index (χ1) is 10.5. The summed E-state index contributed by atoms with van der Waals surface area (Å²) in [6.45, 7) is 5.13. The van der Waals surface area contributed by atoms with E-state index in [9.17, 15) is 12.8 Å². The van der Waals surface area contributed by atoms with Crippen molar-refractivity contribution in [3.05, 3.63) is 24.0 Å². The minimum absolute atomic E-state index is 0.00734. The number of hydrogen-bond donors (Lipinski definition) is 2. The number of nitrogens with zero attached hydrogens (tertiary/aromatic N) is 1. The number of nitrogens with one attached hydrogen (secondary N) is 2. The molecule has 1 aliphatic heterocycles. The van der Waals surface area contributed by atoms with Gasteiger partial charge in [-0.25, -0.2) is 17.5 Å². The molecule has 0 aromatic heterocycles. The quantitative estimate of drug-likeness (QED) is 0.708. The third-order valence-electron chi connectivity index (χ3n) is 3.59. The Balaban J connectivity index is 1.85. The molecule has 0 unspecified atom stereocenters. The Labute approximate surface area is 130 Å². The van der Waals surface area contributed by atoms with Crippen LogP contribution in [-0.2, 0) is 10.0 Å². The van der Waals surface area contributed by atoms with E-state index in [0.29, 0.717) is 6.54 Å². The van der Waals surface area contributed by atoms with E-state index >= 15 is 0 Å². The molecule has 8 heteroatoms. The van der Waals surface area contributed by atoms with Gasteiger partial charge in [0.1, 0.15) is 0 Å². The topological polar surface area (TPSA) is 70.7 Å². The van der Waals surface area contributed by atoms with Crippen LogP contribution in [0.1, 0.15) is 6.42 Å². The number of halogens is 1. The van der Waals surface area contributed by atoms with Gasteiger partial charge in [0.25, 0.3) is 0 Å². The van der Waals surface area contributed by atoms with E-state index in [1.54, 1.807) is 0 Å². The van der Waals surface area contributed by atoms with E-state index < -0.39 is 15.8 Å². The lowest BCUT2D eigenvalue weighted by Crippen LogP contribution is -2.44. The molecule has 0 radical (unpaired) electrons. The van der Waals surface area contributed by atoms with Crippen LogP contribution in [-0.4, -0.2) is 59.7 Å². The summed E-state index contributed by atoms with van der Waals surface area (Å²) in [5.74, 6) is -0.663. The molecule has 124 valence electrons. The molecule has 0 aliphatic carbocycles. The predicted molar refractivity (Wildman–Crippen MR) is 82.1 cm³/mol. The second-order valence-corrected chi connectivity index (χ2v) is 6.91. The summed E-state index contributed by atoms with van der Waals surface area (Å²) in [6, 6.07) is 3.51. The number of piperazine rings is 1. The number of hydrogen-bond acceptors (Lipinski definition) is 5. The van der Waals surface area contributed by atoms with E-state index in [1.165, 1.54) is 19.2 Å². The maximum atomic E-state index is 13.3. The maximum Gasteiger partial charge on any atom is 0.240 e. The highest BCUT2D eigenvalue weighted by molar-refractivity contribution is 7.89. The molecule has 0 amide bonds. The first-order valence-electron chi connectivity index (χ1n) is 7.29. The van der Waals surface area contributed by atoms with Crippen LogP contribution in [0.3, 0.4) is 0 Å². The summed E-state index contributed by atoms with van der Waals surface area (Å²) >= 11 is 0. The van der Waals surface area contributed by atoms with Crippen LogP contribution in [0.2, 0.25) is 0 Å². The molecule has 2 rings (SSSR count). The van der Waals surface area contributed by atoms with Gasteiger partial charge in [-0.1, -0.05) is 0 Å². The van der Waals surface area contributed by atoms with Gasteiger partial charge in [0.05, 0.1) is 12.0 Å². The summed E-state index contributed by atoms with van der Waals surface area (Å²) in [7, 11) is -2.34. The van der Waals surface area contributed by atoms with Crippen LogP contribution < -0.4 is 14.8 Å². The van der Waals surface area contributed by atoms with Crippen LogP contribution in [0.4, 0.5) is 4.39 Å². The molecule has 1 aliphatic rings. The van der Waals surface area contributed by atoms with Crippen molar-refractivity contribution >= 4 is 10.0 Å². The highest BCUT2D eigenvalue weighted by atomic mass is 32.2. The maximum absolute atomic E-state index is 13.3. The summed E-state index contributed by atoms with van der Waals surface area (Å²) in [5.41, 5.74) is 0. The zero-order chi connectivity index (χ0) is 16.0. The van der Waals surface area contributed by atoms with Gasteiger partial charge in [-0.2, -0.15) is 0 Å². The molecule has 1 aromatic rings. The van der Waals surface area contributed by atoms with Crippen molar-refractivity contribution in [2.75, 3.05) is 46.4 Å². The summed E-state index contributed by atoms with van der Waals surface area (Å²) in [5, 5.41) is 3.27. The van der Waals surface area contributed by atoms with E-state index in [0.717, 1.165) is 45.2 Å². The lowest BCUT2D eigenvalue weighted by molar-refractivity contribution is 0.239. The minimum atomic E-state index is -3.64. The monoisotopic (exact) mass is 331 g/mol. The van der Waals surface area contributed by atoms with Gasteiger partial charge in [0.2, 0.25) is 10.0 Å². The van der Waals surface area contributed by atoms with E-state index in [4.69, 9.17) is 4.74 Å². The largest absolute Gasteiger partial charge is 0.494 e. The zero-order valence-corrected chi connectivity index (χ0v) is 13.5. The van der Waals surface area contributed by atoms with Crippen molar-refractivity contribution < 1.29 is 17.5 Å². The first-order valence-corrected chi connectivity index (χ1v) is 8.77. The summed E-state index contributed by atoms with van der Waals surface area (Å²) in [6.07, 6.45) is 0.734. The molecule has 22 heavy (non-hydrogen) atoms. The fraction of sp³-hybridized carbons (Fsp3) is 0.571. The van der Waals surface area contributed by atoms with Gasteiger partial charge >= 0.3 is 0 Å². The van der Waals surface area contributed by atoms with Gasteiger partial charge in [0.15, 0.2) is 11.6 Å². The average molecular weight is 331 g/mol. The van der Waals surface area contributed by atoms with Crippen molar-refractivity contribution in [2.24, 2.45) is 0 Å². The van der Waals surface area contributed by atoms with Gasteiger partial charge < -0.3 is 15.0 Å². The number of ether oxygens (including phenoxy) is 1. The molecule has 1 fully saturated rings. The SMILES string of the molecule is COc1cc(S(=O)(=O)NCCCN2CCNCC2)ccc1F. The molecule has 0 bridgehead atoms. The van der Waals surface area contributed by atoms with Crippen LogP contribution in [0.5, 0.6) is 5.75 Å². The molecule has 1 saturated heterocycles. The smallest absolute Gasteiger partial charge is 0.240 e. The summed E-state index contributed by atoms with van der Waals surface area (Å²) in [4.78, 5) is 2.30. The van der Waals surface area contributed by atoms with Gasteiger partial charge in [-0.15, -0.1) is 0 Å². The molecule has 0 spiro atoms. The Kier molecular flexibility index (Phi) is 6.13. The molecule has 2 N–H and O–H groups in total. The van der Waals surface area contributed by atoms with Gasteiger partial charge in [0, 0.05) is 38.8 Å². The van der Waals surface area contributed by atoms with E-state index in [2.05, 4.69) is 14.9 Å². The molecular formula is C14H22FN3O3S. The zero-order valence-electron chi connectivity index (χ0n) is 12.6. The van der Waals surface area contributed by atoms with Gasteiger partial charge in [-0.05, 0) is 25.1 Å². The second-order valence-electron chi connectivity index (χ2n) is 5.14. The second kappa shape index (κ2) is 7.87. The van der Waals surface area contributed by atoms with Crippen LogP contribution in [0.15, 0.2) is 23.1 Å². The predicted octanol–water partition coefficient (Wildman–Crippen LogP) is 0.408. The van der Waals surface area contributed by atoms with E-state index in [-0.39, 0.29) is 10.6 Å². The van der Waals surface area contributed by atoms with Crippen molar-refractivity contribution in [3.63, 3.8) is 0 Å². The normalized spacial score (nSPS) is 16.6. The minimum Gasteiger partial charge on any atom is -0.494 e. The van der Waals surface area contributed by atoms with Crippen molar-refractivity contribution in [1.82, 2.24) is 14.9 Å². The van der Waals surface area contributed by atoms with Crippen LogP contribution in [0, 0.1) is 5.82 Å². The highest BCUT2D eigenvalue weighted by Gasteiger charge is 2.16. The van der Waals surface area contributed by atoms with Crippen LogP contribution >= 0.6 is 0 Å². The highest BCUT2D eigenvalue weighted by Crippen LogP contribution is 2.21. The lowest BCUT2D eigenvalue weighted by atomic mass is 10.3. The average Bonchev–Trinajstić information content (AvgIpc) is 2.53. The van der Waals surface area contributed by atoms with E-state index in [1.807, 2.05) is 0 Å². The molecule has 0 atom stereocenters. The Morgan fingerprint density at radius 2 is 2.09 bits per heavy atom. The lowest BCUT2D eigenvalue weighted by Gasteiger charge is -2.27. The van der Waals surface area contributed by atoms with Crippen molar-refractivity contribution in [3.8, 4) is 5.75 Å². The van der Waals surface area contributed by atoms with Crippen molar-refractivity contribution in [2.45, 2.75) is 11.3 Å². The summed E-state index contributed by atoms with van der Waals surface area (Å²) < 4.78 is 45.0. The number of rotatable bonds is 7. The van der Waals surface area contributed by atoms with Gasteiger partial charge in [-0.3, -0.25) is 0 Å². The third-order valence-corrected chi connectivity index (χ3v) is 5.04. The molecule has 1 aromatic carbocycles. The van der Waals surface area contributed by atoms with Crippen molar-refractivity contribution in [1.29, 1.82) is 0 Å². The number of sulfonamides is 1. The number of benzene rings is 1. The fourth-order valence-corrected chi connectivity index (χ4v) is 3.42. The Bertz CT molecular complexity index is 589. The number of methoxy groups -OCH3 is 1. The Hall–Kier alpha value is -1.22. The molecule has 0 saturated carbocycles. The van der Waals surface area contributed by atoms with Crippen LogP contribution in [0.25, 0.3) is 0 Å². The first kappa shape index (κ1) is 17.1. The molecule has 1 heterocycles. The Morgan fingerprint density at radius 3 is 2.77 bits per heavy atom. The molecule has 6 nitrogen and oxygen atoms in total. The Morgan fingerprint density at radius 1 is 1.36 bits per heavy atom. The third kappa shape index (κ3) is 4.64.